The topological polar surface area (TPSA) is 29.9 Å². The van der Waals surface area contributed by atoms with Crippen LogP contribution in [0.3, 0.4) is 0 Å². The lowest BCUT2D eigenvalue weighted by Crippen LogP contribution is -2.19. The fraction of sp³-hybridized carbons (Fsp3) is 0.308. The lowest BCUT2D eigenvalue weighted by atomic mass is 10.0. The van der Waals surface area contributed by atoms with Gasteiger partial charge in [-0.2, -0.15) is 5.10 Å². The molecule has 1 aromatic carbocycles. The summed E-state index contributed by atoms with van der Waals surface area (Å²) in [5, 5.41) is 7.51. The van der Waals surface area contributed by atoms with Crippen LogP contribution in [0.25, 0.3) is 0 Å². The van der Waals surface area contributed by atoms with Crippen LogP contribution >= 0.6 is 15.9 Å². The van der Waals surface area contributed by atoms with Crippen LogP contribution in [0.5, 0.6) is 0 Å². The zero-order valence-corrected chi connectivity index (χ0v) is 12.1. The van der Waals surface area contributed by atoms with Crippen LogP contribution in [-0.4, -0.2) is 16.8 Å². The average Bonchev–Trinajstić information content (AvgIpc) is 2.65. The van der Waals surface area contributed by atoms with Gasteiger partial charge >= 0.3 is 0 Å². The van der Waals surface area contributed by atoms with E-state index in [1.165, 1.54) is 6.07 Å². The highest BCUT2D eigenvalue weighted by Gasteiger charge is 2.19. The Labute approximate surface area is 114 Å². The highest BCUT2D eigenvalue weighted by molar-refractivity contribution is 9.10. The Morgan fingerprint density at radius 2 is 2.11 bits per heavy atom. The van der Waals surface area contributed by atoms with E-state index in [9.17, 15) is 4.39 Å². The van der Waals surface area contributed by atoms with Crippen LogP contribution in [0.15, 0.2) is 28.7 Å². The number of halogens is 2. The molecule has 1 N–H and O–H groups in total. The molecule has 0 saturated carbocycles. The second-order valence-corrected chi connectivity index (χ2v) is 5.14. The molecule has 96 valence electrons. The fourth-order valence-corrected chi connectivity index (χ4v) is 2.31. The molecular weight excluding hydrogens is 297 g/mol. The van der Waals surface area contributed by atoms with Crippen molar-refractivity contribution in [3.8, 4) is 0 Å². The van der Waals surface area contributed by atoms with Crippen molar-refractivity contribution >= 4 is 15.9 Å². The summed E-state index contributed by atoms with van der Waals surface area (Å²) in [6.07, 6.45) is 0. The second kappa shape index (κ2) is 5.20. The van der Waals surface area contributed by atoms with Crippen molar-refractivity contribution in [3.05, 3.63) is 51.5 Å². The molecule has 18 heavy (non-hydrogen) atoms. The summed E-state index contributed by atoms with van der Waals surface area (Å²) in [5.74, 6) is -0.235. The first kappa shape index (κ1) is 13.2. The highest BCUT2D eigenvalue weighted by Crippen LogP contribution is 2.26. The quantitative estimate of drug-likeness (QED) is 0.944. The molecule has 0 bridgehead atoms. The molecule has 0 amide bonds. The Kier molecular flexibility index (Phi) is 3.82. The Morgan fingerprint density at radius 1 is 1.39 bits per heavy atom. The highest BCUT2D eigenvalue weighted by atomic mass is 79.9. The minimum absolute atomic E-state index is 0.235. The van der Waals surface area contributed by atoms with Gasteiger partial charge in [0.2, 0.25) is 0 Å². The van der Waals surface area contributed by atoms with Gasteiger partial charge < -0.3 is 5.32 Å². The fourth-order valence-electron chi connectivity index (χ4n) is 1.93. The van der Waals surface area contributed by atoms with Crippen molar-refractivity contribution in [2.75, 3.05) is 7.05 Å². The molecule has 0 spiro atoms. The minimum atomic E-state index is -0.248. The first-order valence-corrected chi connectivity index (χ1v) is 6.45. The average molecular weight is 312 g/mol. The van der Waals surface area contributed by atoms with Crippen LogP contribution in [0.2, 0.25) is 0 Å². The Bertz CT molecular complexity index is 546. The molecule has 2 rings (SSSR count). The standard InChI is InChI=1S/C13H15BrFN3/c1-8-6-12(17-18(8)3)13(16-2)10-7-9(14)4-5-11(10)15/h4-7,13,16H,1-3H3. The zero-order valence-electron chi connectivity index (χ0n) is 10.5. The van der Waals surface area contributed by atoms with Gasteiger partial charge in [0.25, 0.3) is 0 Å². The van der Waals surface area contributed by atoms with Gasteiger partial charge in [-0.05, 0) is 38.2 Å². The molecular formula is C13H15BrFN3. The number of benzene rings is 1. The van der Waals surface area contributed by atoms with Gasteiger partial charge in [-0.15, -0.1) is 0 Å². The third-order valence-corrected chi connectivity index (χ3v) is 3.48. The molecule has 1 aromatic heterocycles. The third-order valence-electron chi connectivity index (χ3n) is 2.99. The van der Waals surface area contributed by atoms with Crippen molar-refractivity contribution in [2.45, 2.75) is 13.0 Å². The molecule has 0 aliphatic carbocycles. The van der Waals surface area contributed by atoms with Crippen molar-refractivity contribution in [1.29, 1.82) is 0 Å². The van der Waals surface area contributed by atoms with Crippen LogP contribution in [0.4, 0.5) is 4.39 Å². The molecule has 0 radical (unpaired) electrons. The summed E-state index contributed by atoms with van der Waals surface area (Å²) in [4.78, 5) is 0. The summed E-state index contributed by atoms with van der Waals surface area (Å²) >= 11 is 3.37. The largest absolute Gasteiger partial charge is 0.308 e. The molecule has 1 heterocycles. The second-order valence-electron chi connectivity index (χ2n) is 4.22. The molecule has 0 aliphatic heterocycles. The van der Waals surface area contributed by atoms with Gasteiger partial charge in [0.1, 0.15) is 5.82 Å². The zero-order chi connectivity index (χ0) is 13.3. The van der Waals surface area contributed by atoms with Gasteiger partial charge in [0, 0.05) is 22.8 Å². The summed E-state index contributed by atoms with van der Waals surface area (Å²) in [6.45, 7) is 1.97. The van der Waals surface area contributed by atoms with E-state index < -0.39 is 0 Å². The molecule has 0 aliphatic rings. The number of nitrogens with zero attached hydrogens (tertiary/aromatic N) is 2. The maximum absolute atomic E-state index is 13.9. The Morgan fingerprint density at radius 3 is 2.67 bits per heavy atom. The third kappa shape index (κ3) is 2.47. The molecule has 1 unspecified atom stereocenters. The van der Waals surface area contributed by atoms with Gasteiger partial charge in [0.15, 0.2) is 0 Å². The smallest absolute Gasteiger partial charge is 0.128 e. The summed E-state index contributed by atoms with van der Waals surface area (Å²) in [6, 6.07) is 6.64. The lowest BCUT2D eigenvalue weighted by Gasteiger charge is -2.15. The number of rotatable bonds is 3. The van der Waals surface area contributed by atoms with E-state index in [1.807, 2.05) is 20.0 Å². The van der Waals surface area contributed by atoms with Crippen molar-refractivity contribution < 1.29 is 4.39 Å². The first-order chi connectivity index (χ1) is 8.52. The van der Waals surface area contributed by atoms with Gasteiger partial charge in [-0.3, -0.25) is 4.68 Å². The molecule has 5 heteroatoms. The van der Waals surface area contributed by atoms with Crippen LogP contribution in [-0.2, 0) is 7.05 Å². The number of hydrogen-bond donors (Lipinski definition) is 1. The molecule has 2 aromatic rings. The van der Waals surface area contributed by atoms with E-state index in [4.69, 9.17) is 0 Å². The van der Waals surface area contributed by atoms with Gasteiger partial charge in [0.05, 0.1) is 11.7 Å². The van der Waals surface area contributed by atoms with Crippen molar-refractivity contribution in [1.82, 2.24) is 15.1 Å². The van der Waals surface area contributed by atoms with Crippen LogP contribution < -0.4 is 5.32 Å². The normalized spacial score (nSPS) is 12.7. The maximum Gasteiger partial charge on any atom is 0.128 e. The predicted octanol–water partition coefficient (Wildman–Crippen LogP) is 2.94. The van der Waals surface area contributed by atoms with E-state index >= 15 is 0 Å². The predicted molar refractivity (Wildman–Crippen MR) is 72.9 cm³/mol. The van der Waals surface area contributed by atoms with E-state index in [1.54, 1.807) is 23.9 Å². The Balaban J connectivity index is 2.48. The monoisotopic (exact) mass is 311 g/mol. The van der Waals surface area contributed by atoms with Crippen molar-refractivity contribution in [2.24, 2.45) is 7.05 Å². The van der Waals surface area contributed by atoms with E-state index in [0.29, 0.717) is 5.56 Å². The number of aryl methyl sites for hydroxylation is 2. The molecule has 0 saturated heterocycles. The molecule has 0 fully saturated rings. The number of hydrogen-bond acceptors (Lipinski definition) is 2. The first-order valence-electron chi connectivity index (χ1n) is 5.65. The van der Waals surface area contributed by atoms with E-state index in [-0.39, 0.29) is 11.9 Å². The molecule has 1 atom stereocenters. The van der Waals surface area contributed by atoms with E-state index in [2.05, 4.69) is 26.3 Å². The lowest BCUT2D eigenvalue weighted by molar-refractivity contribution is 0.564. The summed E-state index contributed by atoms with van der Waals surface area (Å²) < 4.78 is 16.5. The van der Waals surface area contributed by atoms with Crippen molar-refractivity contribution in [3.63, 3.8) is 0 Å². The molecule has 3 nitrogen and oxygen atoms in total. The van der Waals surface area contributed by atoms with Gasteiger partial charge in [-0.25, -0.2) is 4.39 Å². The van der Waals surface area contributed by atoms with E-state index in [0.717, 1.165) is 15.9 Å². The SMILES string of the molecule is CNC(c1cc(C)n(C)n1)c1cc(Br)ccc1F. The Hall–Kier alpha value is -1.20. The number of aromatic nitrogens is 2. The van der Waals surface area contributed by atoms with Crippen LogP contribution in [0, 0.1) is 12.7 Å². The van der Waals surface area contributed by atoms with Gasteiger partial charge in [-0.1, -0.05) is 15.9 Å². The maximum atomic E-state index is 13.9. The summed E-state index contributed by atoms with van der Waals surface area (Å²) in [7, 11) is 3.68. The summed E-state index contributed by atoms with van der Waals surface area (Å²) in [5.41, 5.74) is 2.44. The number of nitrogens with one attached hydrogen (secondary N) is 1. The minimum Gasteiger partial charge on any atom is -0.308 e. The van der Waals surface area contributed by atoms with Crippen LogP contribution in [0.1, 0.15) is 23.0 Å².